The summed E-state index contributed by atoms with van der Waals surface area (Å²) in [7, 11) is 1.58. The van der Waals surface area contributed by atoms with Crippen LogP contribution >= 0.6 is 0 Å². The molecule has 2 fully saturated rings. The van der Waals surface area contributed by atoms with Gasteiger partial charge in [0.25, 0.3) is 5.91 Å². The largest absolute Gasteiger partial charge is 0.497 e. The average Bonchev–Trinajstić information content (AvgIpc) is 3.27. The van der Waals surface area contributed by atoms with Crippen molar-refractivity contribution in [3.05, 3.63) is 23.8 Å². The summed E-state index contributed by atoms with van der Waals surface area (Å²) in [6, 6.07) is 6.10. The monoisotopic (exact) mass is 390 g/mol. The second kappa shape index (κ2) is 10.1. The molecule has 1 aliphatic carbocycles. The Morgan fingerprint density at radius 1 is 1.25 bits per heavy atom. The third-order valence-corrected chi connectivity index (χ3v) is 6.01. The Hall–Kier alpha value is -1.79. The summed E-state index contributed by atoms with van der Waals surface area (Å²) in [6.07, 6.45) is 7.53. The summed E-state index contributed by atoms with van der Waals surface area (Å²) < 4.78 is 11.5. The molecule has 1 aromatic rings. The predicted octanol–water partition coefficient (Wildman–Crippen LogP) is 2.98. The first kappa shape index (κ1) is 20.9. The predicted molar refractivity (Wildman–Crippen MR) is 109 cm³/mol. The molecule has 0 aromatic heterocycles. The first-order valence-corrected chi connectivity index (χ1v) is 10.7. The molecule has 0 spiro atoms. The lowest BCUT2D eigenvalue weighted by molar-refractivity contribution is 0.0746. The van der Waals surface area contributed by atoms with Crippen molar-refractivity contribution in [2.24, 2.45) is 0 Å². The Balaban J connectivity index is 1.62. The molecule has 1 unspecified atom stereocenters. The first-order valence-electron chi connectivity index (χ1n) is 10.7. The van der Waals surface area contributed by atoms with Gasteiger partial charge in [-0.05, 0) is 50.3 Å². The van der Waals surface area contributed by atoms with Gasteiger partial charge in [0, 0.05) is 25.7 Å². The number of benzene rings is 1. The standard InChI is InChI=1S/C22H34N2O4/c1-3-17(25)15-23-22(26)20-14-19(27-2)8-9-21(20)28-18-10-12-24(13-11-18)16-6-4-5-7-16/h8-9,14,16-18,25H,3-7,10-13,15H2,1-2H3,(H,23,26). The highest BCUT2D eigenvalue weighted by Crippen LogP contribution is 2.30. The molecule has 1 aromatic carbocycles. The fraction of sp³-hybridized carbons (Fsp3) is 0.682. The van der Waals surface area contributed by atoms with Crippen molar-refractivity contribution < 1.29 is 19.4 Å². The topological polar surface area (TPSA) is 71.0 Å². The van der Waals surface area contributed by atoms with E-state index in [1.54, 1.807) is 13.2 Å². The summed E-state index contributed by atoms with van der Waals surface area (Å²) in [4.78, 5) is 15.3. The highest BCUT2D eigenvalue weighted by molar-refractivity contribution is 5.97. The first-order chi connectivity index (χ1) is 13.6. The van der Waals surface area contributed by atoms with Crippen LogP contribution in [0.4, 0.5) is 0 Å². The second-order valence-corrected chi connectivity index (χ2v) is 7.93. The third kappa shape index (κ3) is 5.39. The van der Waals surface area contributed by atoms with E-state index in [9.17, 15) is 9.90 Å². The van der Waals surface area contributed by atoms with E-state index in [-0.39, 0.29) is 18.6 Å². The number of carbonyl (C=O) groups is 1. The van der Waals surface area contributed by atoms with Gasteiger partial charge < -0.3 is 24.8 Å². The number of aliphatic hydroxyl groups is 1. The number of hydrogen-bond donors (Lipinski definition) is 2. The van der Waals surface area contributed by atoms with E-state index >= 15 is 0 Å². The Bertz CT molecular complexity index is 637. The number of likely N-dealkylation sites (tertiary alicyclic amines) is 1. The van der Waals surface area contributed by atoms with E-state index in [4.69, 9.17) is 9.47 Å². The summed E-state index contributed by atoms with van der Waals surface area (Å²) in [5.74, 6) is 0.956. The van der Waals surface area contributed by atoms with Gasteiger partial charge in [0.15, 0.2) is 0 Å². The molecule has 1 saturated heterocycles. The van der Waals surface area contributed by atoms with E-state index in [2.05, 4.69) is 10.2 Å². The van der Waals surface area contributed by atoms with Crippen LogP contribution in [0.2, 0.25) is 0 Å². The molecule has 1 atom stereocenters. The lowest BCUT2D eigenvalue weighted by Gasteiger charge is -2.36. The number of hydrogen-bond acceptors (Lipinski definition) is 5. The minimum absolute atomic E-state index is 0.124. The van der Waals surface area contributed by atoms with Gasteiger partial charge in [0.2, 0.25) is 0 Å². The second-order valence-electron chi connectivity index (χ2n) is 7.93. The van der Waals surface area contributed by atoms with Crippen molar-refractivity contribution in [1.29, 1.82) is 0 Å². The maximum Gasteiger partial charge on any atom is 0.255 e. The van der Waals surface area contributed by atoms with Crippen molar-refractivity contribution in [2.45, 2.75) is 70.1 Å². The van der Waals surface area contributed by atoms with Gasteiger partial charge in [0.1, 0.15) is 17.6 Å². The molecule has 1 heterocycles. The number of piperidine rings is 1. The van der Waals surface area contributed by atoms with E-state index in [0.717, 1.165) is 32.0 Å². The fourth-order valence-electron chi connectivity index (χ4n) is 4.17. The fourth-order valence-corrected chi connectivity index (χ4v) is 4.17. The molecule has 1 amide bonds. The third-order valence-electron chi connectivity index (χ3n) is 6.01. The lowest BCUT2D eigenvalue weighted by atomic mass is 10.0. The number of nitrogens with zero attached hydrogens (tertiary/aromatic N) is 1. The molecule has 0 bridgehead atoms. The van der Waals surface area contributed by atoms with Gasteiger partial charge >= 0.3 is 0 Å². The number of methoxy groups -OCH3 is 1. The normalized spacial score (nSPS) is 20.1. The van der Waals surface area contributed by atoms with Crippen LogP contribution in [-0.2, 0) is 0 Å². The zero-order valence-electron chi connectivity index (χ0n) is 17.2. The average molecular weight is 391 g/mol. The van der Waals surface area contributed by atoms with Crippen LogP contribution < -0.4 is 14.8 Å². The van der Waals surface area contributed by atoms with E-state index in [1.807, 2.05) is 19.1 Å². The molecule has 2 aliphatic rings. The quantitative estimate of drug-likeness (QED) is 0.714. The van der Waals surface area contributed by atoms with Crippen molar-refractivity contribution in [3.63, 3.8) is 0 Å². The SMILES string of the molecule is CCC(O)CNC(=O)c1cc(OC)ccc1OC1CCN(C2CCCC2)CC1. The molecular weight excluding hydrogens is 356 g/mol. The van der Waals surface area contributed by atoms with Crippen LogP contribution in [0.15, 0.2) is 18.2 Å². The lowest BCUT2D eigenvalue weighted by Crippen LogP contribution is -2.43. The van der Waals surface area contributed by atoms with Gasteiger partial charge in [-0.2, -0.15) is 0 Å². The van der Waals surface area contributed by atoms with Crippen molar-refractivity contribution in [2.75, 3.05) is 26.7 Å². The maximum atomic E-state index is 12.7. The number of nitrogens with one attached hydrogen (secondary N) is 1. The van der Waals surface area contributed by atoms with E-state index in [1.165, 1.54) is 25.7 Å². The molecule has 3 rings (SSSR count). The molecule has 1 aliphatic heterocycles. The zero-order valence-corrected chi connectivity index (χ0v) is 17.2. The molecule has 6 heteroatoms. The molecule has 2 N–H and O–H groups in total. The van der Waals surface area contributed by atoms with Crippen LogP contribution in [0.1, 0.15) is 62.2 Å². The van der Waals surface area contributed by atoms with E-state index in [0.29, 0.717) is 23.5 Å². The Kier molecular flexibility index (Phi) is 7.57. The number of aliphatic hydroxyl groups excluding tert-OH is 1. The smallest absolute Gasteiger partial charge is 0.255 e. The van der Waals surface area contributed by atoms with Gasteiger partial charge in [-0.3, -0.25) is 4.79 Å². The van der Waals surface area contributed by atoms with Gasteiger partial charge in [-0.25, -0.2) is 0 Å². The Labute approximate surface area is 168 Å². The van der Waals surface area contributed by atoms with Crippen molar-refractivity contribution in [1.82, 2.24) is 10.2 Å². The van der Waals surface area contributed by atoms with Gasteiger partial charge in [-0.15, -0.1) is 0 Å². The highest BCUT2D eigenvalue weighted by Gasteiger charge is 2.28. The molecule has 1 saturated carbocycles. The van der Waals surface area contributed by atoms with Crippen molar-refractivity contribution >= 4 is 5.91 Å². The summed E-state index contributed by atoms with van der Waals surface area (Å²) in [5.41, 5.74) is 0.459. The van der Waals surface area contributed by atoms with Gasteiger partial charge in [-0.1, -0.05) is 19.8 Å². The van der Waals surface area contributed by atoms with Crippen molar-refractivity contribution in [3.8, 4) is 11.5 Å². The molecule has 156 valence electrons. The highest BCUT2D eigenvalue weighted by atomic mass is 16.5. The van der Waals surface area contributed by atoms with Crippen LogP contribution in [0.3, 0.4) is 0 Å². The Morgan fingerprint density at radius 3 is 2.61 bits per heavy atom. The zero-order chi connectivity index (χ0) is 19.9. The van der Waals surface area contributed by atoms with Crippen LogP contribution in [0.5, 0.6) is 11.5 Å². The minimum Gasteiger partial charge on any atom is -0.497 e. The molecule has 0 radical (unpaired) electrons. The van der Waals surface area contributed by atoms with Crippen LogP contribution in [0.25, 0.3) is 0 Å². The maximum absolute atomic E-state index is 12.7. The minimum atomic E-state index is -0.543. The summed E-state index contributed by atoms with van der Waals surface area (Å²) >= 11 is 0. The van der Waals surface area contributed by atoms with Crippen LogP contribution in [0, 0.1) is 0 Å². The summed E-state index contributed by atoms with van der Waals surface area (Å²) in [6.45, 7) is 4.24. The number of ether oxygens (including phenoxy) is 2. The van der Waals surface area contributed by atoms with E-state index < -0.39 is 6.10 Å². The van der Waals surface area contributed by atoms with Crippen LogP contribution in [-0.4, -0.2) is 60.9 Å². The summed E-state index contributed by atoms with van der Waals surface area (Å²) in [5, 5.41) is 12.5. The Morgan fingerprint density at radius 2 is 1.96 bits per heavy atom. The number of carbonyl (C=O) groups excluding carboxylic acids is 1. The molecule has 28 heavy (non-hydrogen) atoms. The number of amides is 1. The van der Waals surface area contributed by atoms with Gasteiger partial charge in [0.05, 0.1) is 18.8 Å². The molecule has 6 nitrogen and oxygen atoms in total. The number of rotatable bonds is 8. The molecular formula is C22H34N2O4.